The van der Waals surface area contributed by atoms with Gasteiger partial charge in [-0.2, -0.15) is 13.2 Å². The number of alkyl halides is 3. The van der Waals surface area contributed by atoms with E-state index in [0.717, 1.165) is 29.7 Å². The third-order valence-corrected chi connectivity index (χ3v) is 7.55. The van der Waals surface area contributed by atoms with Crippen LogP contribution in [-0.2, 0) is 17.4 Å². The maximum Gasteiger partial charge on any atom is 0.416 e. The fourth-order valence-corrected chi connectivity index (χ4v) is 5.50. The van der Waals surface area contributed by atoms with Gasteiger partial charge >= 0.3 is 6.18 Å². The molecule has 0 N–H and O–H groups in total. The first-order valence-corrected chi connectivity index (χ1v) is 13.1. The van der Waals surface area contributed by atoms with Crippen LogP contribution in [0.5, 0.6) is 5.75 Å². The number of amides is 2. The van der Waals surface area contributed by atoms with Crippen molar-refractivity contribution in [2.75, 3.05) is 26.7 Å². The van der Waals surface area contributed by atoms with E-state index >= 15 is 0 Å². The molecule has 1 atom stereocenters. The first-order chi connectivity index (χ1) is 17.7. The number of fused-ring (bicyclic) bond motifs is 1. The Morgan fingerprint density at radius 1 is 1.14 bits per heavy atom. The fraction of sp³-hybridized carbons (Fsp3) is 0.357. The maximum absolute atomic E-state index is 13.7. The Labute approximate surface area is 218 Å². The Balaban J connectivity index is 1.61. The minimum Gasteiger partial charge on any atom is -0.497 e. The molecule has 0 saturated heterocycles. The molecular weight excluding hydrogens is 501 g/mol. The predicted octanol–water partition coefficient (Wildman–Crippen LogP) is 6.19. The summed E-state index contributed by atoms with van der Waals surface area (Å²) >= 11 is 1.66. The van der Waals surface area contributed by atoms with Crippen molar-refractivity contribution in [3.8, 4) is 5.75 Å². The van der Waals surface area contributed by atoms with E-state index in [9.17, 15) is 22.8 Å². The number of hydrogen-bond acceptors (Lipinski definition) is 4. The van der Waals surface area contributed by atoms with Gasteiger partial charge in [-0.1, -0.05) is 31.5 Å². The molecule has 1 aliphatic rings. The van der Waals surface area contributed by atoms with Gasteiger partial charge < -0.3 is 14.5 Å². The van der Waals surface area contributed by atoms with Crippen LogP contribution in [0, 0.1) is 0 Å². The van der Waals surface area contributed by atoms with Crippen molar-refractivity contribution in [3.05, 3.63) is 87.1 Å². The van der Waals surface area contributed by atoms with Crippen molar-refractivity contribution in [1.29, 1.82) is 0 Å². The first kappa shape index (κ1) is 26.7. The lowest BCUT2D eigenvalue weighted by atomic mass is 9.93. The first-order valence-electron chi connectivity index (χ1n) is 12.2. The van der Waals surface area contributed by atoms with E-state index in [-0.39, 0.29) is 30.6 Å². The molecule has 2 aromatic carbocycles. The van der Waals surface area contributed by atoms with Gasteiger partial charge in [-0.3, -0.25) is 9.59 Å². The van der Waals surface area contributed by atoms with Crippen molar-refractivity contribution in [2.45, 2.75) is 38.4 Å². The van der Waals surface area contributed by atoms with E-state index < -0.39 is 17.6 Å². The summed E-state index contributed by atoms with van der Waals surface area (Å²) in [6.45, 7) is 2.52. The van der Waals surface area contributed by atoms with Crippen molar-refractivity contribution < 1.29 is 27.5 Å². The smallest absolute Gasteiger partial charge is 0.416 e. The van der Waals surface area contributed by atoms with Crippen molar-refractivity contribution in [3.63, 3.8) is 0 Å². The number of benzene rings is 2. The number of thiophene rings is 1. The lowest BCUT2D eigenvalue weighted by Gasteiger charge is -2.37. The number of nitrogens with zero attached hydrogens (tertiary/aromatic N) is 2. The van der Waals surface area contributed by atoms with Crippen LogP contribution in [0.4, 0.5) is 13.2 Å². The van der Waals surface area contributed by atoms with E-state index in [1.54, 1.807) is 23.3 Å². The molecule has 0 fully saturated rings. The zero-order valence-corrected chi connectivity index (χ0v) is 21.6. The molecule has 0 bridgehead atoms. The van der Waals surface area contributed by atoms with Gasteiger partial charge in [0, 0.05) is 23.5 Å². The number of unbranched alkanes of at least 4 members (excludes halogenated alkanes) is 1. The summed E-state index contributed by atoms with van der Waals surface area (Å²) in [5.41, 5.74) is 1.02. The molecular formula is C28H29F3N2O3S. The number of methoxy groups -OCH3 is 1. The highest BCUT2D eigenvalue weighted by atomic mass is 32.1. The lowest BCUT2D eigenvalue weighted by Crippen LogP contribution is -2.47. The molecule has 2 heterocycles. The summed E-state index contributed by atoms with van der Waals surface area (Å²) in [4.78, 5) is 31.4. The second-order valence-corrected chi connectivity index (χ2v) is 9.97. The minimum absolute atomic E-state index is 0.0794. The number of carbonyl (C=O) groups is 2. The predicted molar refractivity (Wildman–Crippen MR) is 137 cm³/mol. The summed E-state index contributed by atoms with van der Waals surface area (Å²) in [6.07, 6.45) is -2.44. The molecule has 3 aromatic rings. The third-order valence-electron chi connectivity index (χ3n) is 6.55. The summed E-state index contributed by atoms with van der Waals surface area (Å²) < 4.78 is 45.0. The number of hydrogen-bond donors (Lipinski definition) is 0. The highest BCUT2D eigenvalue weighted by Gasteiger charge is 2.35. The Hall–Kier alpha value is -3.33. The largest absolute Gasteiger partial charge is 0.497 e. The molecule has 2 amide bonds. The Morgan fingerprint density at radius 2 is 1.89 bits per heavy atom. The molecule has 5 nitrogen and oxygen atoms in total. The molecule has 1 aromatic heterocycles. The van der Waals surface area contributed by atoms with Crippen molar-refractivity contribution in [2.24, 2.45) is 0 Å². The van der Waals surface area contributed by atoms with Crippen LogP contribution in [0.15, 0.2) is 60.0 Å². The van der Waals surface area contributed by atoms with Gasteiger partial charge in [0.2, 0.25) is 5.91 Å². The van der Waals surface area contributed by atoms with Gasteiger partial charge in [0.05, 0.1) is 18.7 Å². The number of ether oxygens (including phenoxy) is 1. The Bertz CT molecular complexity index is 1240. The molecule has 1 unspecified atom stereocenters. The Kier molecular flexibility index (Phi) is 8.22. The normalized spacial score (nSPS) is 15.3. The molecule has 9 heteroatoms. The summed E-state index contributed by atoms with van der Waals surface area (Å²) in [5, 5.41) is 2.01. The standard InChI is InChI=1S/C28H29F3N2O3S/c1-3-4-14-32(27(35)20-6-5-7-21(17-20)28(29,30)31)18-25(34)33-15-12-24-23(13-16-37-24)26(33)19-8-10-22(36-2)11-9-19/h5-11,13,16-17,26H,3-4,12,14-15,18H2,1-2H3. The summed E-state index contributed by atoms with van der Waals surface area (Å²) in [5.74, 6) is -0.114. The van der Waals surface area contributed by atoms with Crippen LogP contribution in [-0.4, -0.2) is 48.4 Å². The van der Waals surface area contributed by atoms with Gasteiger partial charge in [-0.05, 0) is 65.7 Å². The summed E-state index contributed by atoms with van der Waals surface area (Å²) in [6, 6.07) is 13.6. The van der Waals surface area contributed by atoms with Crippen LogP contribution in [0.1, 0.15) is 57.7 Å². The number of halogens is 3. The monoisotopic (exact) mass is 530 g/mol. The Morgan fingerprint density at radius 3 is 2.57 bits per heavy atom. The van der Waals surface area contributed by atoms with E-state index in [2.05, 4.69) is 0 Å². The molecule has 0 aliphatic carbocycles. The van der Waals surface area contributed by atoms with Gasteiger partial charge in [-0.25, -0.2) is 0 Å². The molecule has 37 heavy (non-hydrogen) atoms. The van der Waals surface area contributed by atoms with E-state index in [4.69, 9.17) is 4.74 Å². The molecule has 4 rings (SSSR count). The zero-order valence-electron chi connectivity index (χ0n) is 20.8. The minimum atomic E-state index is -4.56. The van der Waals surface area contributed by atoms with Gasteiger partial charge in [0.15, 0.2) is 0 Å². The second-order valence-electron chi connectivity index (χ2n) is 8.97. The van der Waals surface area contributed by atoms with Crippen LogP contribution in [0.25, 0.3) is 0 Å². The lowest BCUT2D eigenvalue weighted by molar-refractivity contribution is -0.137. The number of carbonyl (C=O) groups excluding carboxylic acids is 2. The molecule has 0 saturated carbocycles. The SMILES string of the molecule is CCCCN(CC(=O)N1CCc2sccc2C1c1ccc(OC)cc1)C(=O)c1cccc(C(F)(F)F)c1. The van der Waals surface area contributed by atoms with Gasteiger partial charge in [-0.15, -0.1) is 11.3 Å². The van der Waals surface area contributed by atoms with Crippen LogP contribution >= 0.6 is 11.3 Å². The van der Waals surface area contributed by atoms with Crippen LogP contribution < -0.4 is 4.74 Å². The summed E-state index contributed by atoms with van der Waals surface area (Å²) in [7, 11) is 1.59. The second kappa shape index (κ2) is 11.4. The van der Waals surface area contributed by atoms with E-state index in [1.807, 2.05) is 42.6 Å². The molecule has 0 spiro atoms. The zero-order chi connectivity index (χ0) is 26.6. The highest BCUT2D eigenvalue weighted by molar-refractivity contribution is 7.10. The molecule has 196 valence electrons. The van der Waals surface area contributed by atoms with Gasteiger partial charge in [0.1, 0.15) is 12.3 Å². The van der Waals surface area contributed by atoms with Gasteiger partial charge in [0.25, 0.3) is 5.91 Å². The molecule has 1 aliphatic heterocycles. The number of rotatable bonds is 8. The third kappa shape index (κ3) is 5.98. The quantitative estimate of drug-likeness (QED) is 0.349. The maximum atomic E-state index is 13.7. The van der Waals surface area contributed by atoms with Crippen molar-refractivity contribution >= 4 is 23.2 Å². The van der Waals surface area contributed by atoms with Crippen LogP contribution in [0.3, 0.4) is 0 Å². The fourth-order valence-electron chi connectivity index (χ4n) is 4.60. The van der Waals surface area contributed by atoms with Crippen LogP contribution in [0.2, 0.25) is 0 Å². The molecule has 0 radical (unpaired) electrons. The average Bonchev–Trinajstić information content (AvgIpc) is 3.38. The highest BCUT2D eigenvalue weighted by Crippen LogP contribution is 2.38. The topological polar surface area (TPSA) is 49.9 Å². The van der Waals surface area contributed by atoms with Crippen molar-refractivity contribution in [1.82, 2.24) is 9.80 Å². The van der Waals surface area contributed by atoms with E-state index in [0.29, 0.717) is 25.1 Å². The average molecular weight is 531 g/mol. The van der Waals surface area contributed by atoms with E-state index in [1.165, 1.54) is 21.9 Å².